The van der Waals surface area contributed by atoms with Gasteiger partial charge in [-0.25, -0.2) is 48.3 Å². The summed E-state index contributed by atoms with van der Waals surface area (Å²) in [5, 5.41) is 24.2. The molecule has 398 valence electrons. The Morgan fingerprint density at radius 1 is 0.667 bits per heavy atom. The number of ether oxygens (including phenoxy) is 4. The number of fused-ring (bicyclic) bond motifs is 2. The average Bonchev–Trinajstić information content (AvgIpc) is 3.78. The van der Waals surface area contributed by atoms with Gasteiger partial charge in [-0.05, 0) is 37.3 Å². The van der Waals surface area contributed by atoms with Crippen molar-refractivity contribution in [2.75, 3.05) is 33.5 Å². The van der Waals surface area contributed by atoms with Crippen LogP contribution in [0.4, 0.5) is 64.1 Å². The van der Waals surface area contributed by atoms with Crippen molar-refractivity contribution < 1.29 is 81.5 Å². The van der Waals surface area contributed by atoms with Gasteiger partial charge in [-0.15, -0.1) is 0 Å². The van der Waals surface area contributed by atoms with Crippen LogP contribution in [0.25, 0.3) is 11.0 Å². The number of allylic oxidation sites excluding steroid dienone is 2. The fourth-order valence-corrected chi connectivity index (χ4v) is 8.05. The topological polar surface area (TPSA) is 159 Å². The molecule has 1 aromatic heterocycles. The molecule has 0 spiro atoms. The van der Waals surface area contributed by atoms with Crippen LogP contribution in [0.1, 0.15) is 25.0 Å². The Kier molecular flexibility index (Phi) is 23.1. The van der Waals surface area contributed by atoms with E-state index in [1.165, 1.54) is 18.4 Å². The van der Waals surface area contributed by atoms with E-state index in [4.69, 9.17) is 80.3 Å². The number of rotatable bonds is 16. The SMILES string of the molecule is CCc1c(Cl)c(F)cc(OCC(F)F)c1[N+](=O)[O-].CCc1c(Cl)c(OCC(F)F)cc(F)c1[N+](=O)[O-].CN1C(=S)NC2C(OCC(F)F)=CC(F)=C(Cl)C21.Cn1c(=S)[nH]c2c(F)cc(OCC(F)F)c(Cl)c21. The molecule has 0 bridgehead atoms. The lowest BCUT2D eigenvalue weighted by Gasteiger charge is -2.28. The minimum Gasteiger partial charge on any atom is -0.490 e. The van der Waals surface area contributed by atoms with Crippen LogP contribution in [0, 0.1) is 42.5 Å². The van der Waals surface area contributed by atoms with Crippen LogP contribution < -0.4 is 19.5 Å². The van der Waals surface area contributed by atoms with Gasteiger partial charge in [0.25, 0.3) is 25.7 Å². The van der Waals surface area contributed by atoms with Crippen molar-refractivity contribution >= 4 is 98.4 Å². The van der Waals surface area contributed by atoms with E-state index in [9.17, 15) is 72.9 Å². The summed E-state index contributed by atoms with van der Waals surface area (Å²) >= 11 is 33.2. The first-order valence-electron chi connectivity index (χ1n) is 19.9. The smallest absolute Gasteiger partial charge is 0.315 e. The molecule has 1 saturated heterocycles. The normalized spacial score (nSPS) is 15.1. The summed E-state index contributed by atoms with van der Waals surface area (Å²) < 4.78 is 171. The first-order chi connectivity index (χ1) is 33.6. The number of nitro benzene ring substituents is 2. The Bertz CT molecular complexity index is 2760. The second-order valence-corrected chi connectivity index (χ2v) is 16.4. The molecule has 32 heteroatoms. The maximum Gasteiger partial charge on any atom is 0.315 e. The number of likely N-dealkylation sites (N-methyl/N-ethyl adjacent to an activating group) is 1. The van der Waals surface area contributed by atoms with Crippen molar-refractivity contribution in [2.24, 2.45) is 7.05 Å². The third-order valence-electron chi connectivity index (χ3n) is 9.47. The van der Waals surface area contributed by atoms with Crippen LogP contribution in [0.3, 0.4) is 0 Å². The maximum atomic E-state index is 13.7. The highest BCUT2D eigenvalue weighted by molar-refractivity contribution is 7.80. The van der Waals surface area contributed by atoms with Crippen molar-refractivity contribution in [3.8, 4) is 17.2 Å². The number of halogens is 16. The number of aryl methyl sites for hydroxylation is 1. The molecule has 1 fully saturated rings. The number of nitro groups is 2. The average molecular weight is 1160 g/mol. The lowest BCUT2D eigenvalue weighted by molar-refractivity contribution is -0.388. The summed E-state index contributed by atoms with van der Waals surface area (Å²) in [4.78, 5) is 24.0. The van der Waals surface area contributed by atoms with Gasteiger partial charge in [0.05, 0.1) is 47.6 Å². The molecule has 2 N–H and O–H groups in total. The number of benzene rings is 3. The van der Waals surface area contributed by atoms with Crippen LogP contribution in [-0.2, 0) is 24.6 Å². The summed E-state index contributed by atoms with van der Waals surface area (Å²) in [6.07, 6.45) is -9.66. The molecule has 1 aliphatic carbocycles. The Labute approximate surface area is 429 Å². The first-order valence-corrected chi connectivity index (χ1v) is 22.2. The molecule has 2 heterocycles. The number of nitrogens with one attached hydrogen (secondary N) is 2. The molecule has 2 unspecified atom stereocenters. The van der Waals surface area contributed by atoms with Crippen molar-refractivity contribution in [3.63, 3.8) is 0 Å². The first kappa shape index (κ1) is 61.1. The van der Waals surface area contributed by atoms with Gasteiger partial charge in [-0.3, -0.25) is 20.2 Å². The van der Waals surface area contributed by atoms with E-state index in [1.54, 1.807) is 19.0 Å². The van der Waals surface area contributed by atoms with Crippen molar-refractivity contribution in [2.45, 2.75) is 64.5 Å². The van der Waals surface area contributed by atoms with E-state index in [2.05, 4.69) is 19.8 Å². The number of aromatic nitrogens is 2. The zero-order chi connectivity index (χ0) is 54.6. The summed E-state index contributed by atoms with van der Waals surface area (Å²) in [5.41, 5.74) is -1.09. The summed E-state index contributed by atoms with van der Waals surface area (Å²) in [5.74, 6) is -4.38. The van der Waals surface area contributed by atoms with Crippen molar-refractivity contribution in [1.29, 1.82) is 0 Å². The van der Waals surface area contributed by atoms with Crippen molar-refractivity contribution in [1.82, 2.24) is 19.8 Å². The molecule has 3 aromatic carbocycles. The number of imidazole rings is 1. The number of thiocarbonyl (C=S) groups is 1. The summed E-state index contributed by atoms with van der Waals surface area (Å²) in [7, 11) is 3.23. The molecular formula is C40H36Cl4F12N6O8S2. The number of alkyl halides is 8. The zero-order valence-electron chi connectivity index (χ0n) is 36.9. The van der Waals surface area contributed by atoms with E-state index in [-0.39, 0.29) is 72.1 Å². The molecular weight excluding hydrogens is 1130 g/mol. The minimum absolute atomic E-state index is 0.0146. The van der Waals surface area contributed by atoms with Gasteiger partial charge in [0.15, 0.2) is 15.7 Å². The fraction of sp³-hybridized carbons (Fsp3) is 0.400. The van der Waals surface area contributed by atoms with Crippen LogP contribution in [-0.4, -0.2) is 101 Å². The lowest BCUT2D eigenvalue weighted by Crippen LogP contribution is -2.39. The quantitative estimate of drug-likeness (QED) is 0.0474. The predicted molar refractivity (Wildman–Crippen MR) is 248 cm³/mol. The third kappa shape index (κ3) is 15.4. The largest absolute Gasteiger partial charge is 0.490 e. The number of nitrogens with zero attached hydrogens (tertiary/aromatic N) is 4. The number of aromatic amines is 1. The molecule has 0 saturated carbocycles. The second kappa shape index (κ2) is 27.2. The van der Waals surface area contributed by atoms with Gasteiger partial charge < -0.3 is 38.7 Å². The molecule has 2 aliphatic rings. The van der Waals surface area contributed by atoms with E-state index in [0.29, 0.717) is 17.2 Å². The Morgan fingerprint density at radius 3 is 1.60 bits per heavy atom. The van der Waals surface area contributed by atoms with E-state index in [0.717, 1.165) is 12.1 Å². The van der Waals surface area contributed by atoms with Crippen LogP contribution in [0.15, 0.2) is 40.9 Å². The molecule has 6 rings (SSSR count). The standard InChI is InChI=1S/C10H8ClF3N2OS.C10H10ClF3N2OS.2C10H9ClF3NO3/c1-16-9-7(11)5(17-3-6(13)14)2-4(12)8(9)15-10(16)18;1-16-9-7(11)4(12)2-5(17-3-6(13)14)8(9)15-10(16)18;1-2-5-9(11)7(18-4-8(13)14)3-6(12)10(5)15(16)17;1-2-5-9(11)6(12)3-7(10(5)15(16)17)18-4-8(13)14/h2,6H,3H2,1H3,(H,15,18);2,6,8-9H,3H2,1H3,(H,15,18);2*3,8H,2,4H2,1H3. The number of hydrogen-bond donors (Lipinski definition) is 2. The Hall–Kier alpha value is -5.16. The minimum atomic E-state index is -2.81. The van der Waals surface area contributed by atoms with Gasteiger partial charge in [-0.1, -0.05) is 60.3 Å². The lowest BCUT2D eigenvalue weighted by atomic mass is 10.0. The van der Waals surface area contributed by atoms with Crippen LogP contribution in [0.2, 0.25) is 15.1 Å². The van der Waals surface area contributed by atoms with Gasteiger partial charge in [0, 0.05) is 38.4 Å². The molecule has 14 nitrogen and oxygen atoms in total. The molecule has 0 amide bonds. The Morgan fingerprint density at radius 2 is 1.11 bits per heavy atom. The summed E-state index contributed by atoms with van der Waals surface area (Å²) in [6.45, 7) is -0.585. The fourth-order valence-electron chi connectivity index (χ4n) is 6.35. The maximum absolute atomic E-state index is 13.7. The van der Waals surface area contributed by atoms with Gasteiger partial charge in [0.1, 0.15) is 71.9 Å². The predicted octanol–water partition coefficient (Wildman–Crippen LogP) is 13.0. The molecule has 4 aromatic rings. The van der Waals surface area contributed by atoms with E-state index < -0.39 is 119 Å². The van der Waals surface area contributed by atoms with Gasteiger partial charge in [0.2, 0.25) is 11.6 Å². The number of hydrogen-bond acceptors (Lipinski definition) is 10. The summed E-state index contributed by atoms with van der Waals surface area (Å²) in [6, 6.07) is 1.15. The second-order valence-electron chi connectivity index (χ2n) is 14.1. The molecule has 0 radical (unpaired) electrons. The van der Waals surface area contributed by atoms with Crippen molar-refractivity contribution in [3.05, 3.63) is 110 Å². The highest BCUT2D eigenvalue weighted by Gasteiger charge is 2.44. The zero-order valence-corrected chi connectivity index (χ0v) is 41.6. The van der Waals surface area contributed by atoms with Crippen LogP contribution >= 0.6 is 70.8 Å². The third-order valence-corrected chi connectivity index (χ3v) is 11.8. The highest BCUT2D eigenvalue weighted by atomic mass is 35.5. The van der Waals surface area contributed by atoms with Gasteiger partial charge >= 0.3 is 11.4 Å². The highest BCUT2D eigenvalue weighted by Crippen LogP contribution is 2.40. The molecule has 72 heavy (non-hydrogen) atoms. The van der Waals surface area contributed by atoms with E-state index in [1.807, 2.05) is 0 Å². The monoisotopic (exact) mass is 1160 g/mol. The number of H-pyrrole nitrogens is 1. The van der Waals surface area contributed by atoms with Gasteiger partial charge in [-0.2, -0.15) is 4.39 Å². The molecule has 2 atom stereocenters. The molecule has 1 aliphatic heterocycles. The van der Waals surface area contributed by atoms with E-state index >= 15 is 0 Å². The van der Waals surface area contributed by atoms with Crippen LogP contribution in [0.5, 0.6) is 17.2 Å². The Balaban J connectivity index is 0.000000254.